The van der Waals surface area contributed by atoms with Crippen molar-refractivity contribution >= 4 is 23.7 Å². The van der Waals surface area contributed by atoms with Crippen molar-refractivity contribution in [1.82, 2.24) is 15.2 Å². The molecule has 25 heavy (non-hydrogen) atoms. The van der Waals surface area contributed by atoms with E-state index >= 15 is 0 Å². The van der Waals surface area contributed by atoms with Crippen LogP contribution in [-0.4, -0.2) is 40.8 Å². The van der Waals surface area contributed by atoms with Crippen LogP contribution in [0, 0.1) is 5.41 Å². The SMILES string of the molecule is C/C(N)=C/c1cc(C(=O)N[C@H](C)C(=O)N2CCC3(CC2)CC3)[nH]c1N.[HH].[HH]. The van der Waals surface area contributed by atoms with E-state index in [4.69, 9.17) is 11.5 Å². The van der Waals surface area contributed by atoms with Crippen LogP contribution < -0.4 is 16.8 Å². The van der Waals surface area contributed by atoms with Crippen LogP contribution in [0.3, 0.4) is 0 Å². The van der Waals surface area contributed by atoms with Gasteiger partial charge in [-0.3, -0.25) is 9.59 Å². The molecule has 2 amide bonds. The number of nitrogen functional groups attached to an aromatic ring is 1. The highest BCUT2D eigenvalue weighted by Crippen LogP contribution is 2.53. The maximum Gasteiger partial charge on any atom is 0.268 e. The molecular weight excluding hydrogens is 318 g/mol. The number of hydrogen-bond acceptors (Lipinski definition) is 4. The minimum absolute atomic E-state index is 0. The average molecular weight is 349 g/mol. The summed E-state index contributed by atoms with van der Waals surface area (Å²) < 4.78 is 0. The molecular formula is C18H31N5O2. The molecule has 6 N–H and O–H groups in total. The summed E-state index contributed by atoms with van der Waals surface area (Å²) >= 11 is 0. The van der Waals surface area contributed by atoms with Gasteiger partial charge in [0.25, 0.3) is 5.91 Å². The fourth-order valence-electron chi connectivity index (χ4n) is 3.46. The van der Waals surface area contributed by atoms with Crippen molar-refractivity contribution in [2.75, 3.05) is 18.8 Å². The minimum atomic E-state index is -0.569. The highest BCUT2D eigenvalue weighted by atomic mass is 16.2. The van der Waals surface area contributed by atoms with Crippen LogP contribution >= 0.6 is 0 Å². The Morgan fingerprint density at radius 3 is 2.56 bits per heavy atom. The van der Waals surface area contributed by atoms with Crippen molar-refractivity contribution < 1.29 is 12.4 Å². The number of likely N-dealkylation sites (tertiary alicyclic amines) is 1. The molecule has 0 aromatic carbocycles. The van der Waals surface area contributed by atoms with Crippen molar-refractivity contribution in [2.24, 2.45) is 11.1 Å². The van der Waals surface area contributed by atoms with Crippen molar-refractivity contribution in [3.63, 3.8) is 0 Å². The van der Waals surface area contributed by atoms with Crippen LogP contribution in [0.1, 0.15) is 58.4 Å². The number of nitrogens with zero attached hydrogens (tertiary/aromatic N) is 1. The predicted octanol–water partition coefficient (Wildman–Crippen LogP) is 1.93. The lowest BCUT2D eigenvalue weighted by atomic mass is 9.93. The Labute approximate surface area is 150 Å². The molecule has 0 radical (unpaired) electrons. The number of carbonyl (C=O) groups excluding carboxylic acids is 2. The van der Waals surface area contributed by atoms with Gasteiger partial charge in [0.15, 0.2) is 0 Å². The van der Waals surface area contributed by atoms with Crippen LogP contribution in [0.2, 0.25) is 0 Å². The van der Waals surface area contributed by atoms with Crippen molar-refractivity contribution in [1.29, 1.82) is 0 Å². The number of aromatic amines is 1. The van der Waals surface area contributed by atoms with E-state index in [9.17, 15) is 9.59 Å². The first kappa shape index (κ1) is 17.4. The number of allylic oxidation sites excluding steroid dienone is 1. The van der Waals surface area contributed by atoms with Gasteiger partial charge in [0.05, 0.1) is 0 Å². The third kappa shape index (κ3) is 3.81. The summed E-state index contributed by atoms with van der Waals surface area (Å²) in [7, 11) is 0. The molecule has 1 aliphatic carbocycles. The van der Waals surface area contributed by atoms with Gasteiger partial charge in [-0.1, -0.05) is 0 Å². The van der Waals surface area contributed by atoms with Gasteiger partial charge in [0.2, 0.25) is 5.91 Å². The quantitative estimate of drug-likeness (QED) is 0.664. The summed E-state index contributed by atoms with van der Waals surface area (Å²) in [4.78, 5) is 29.6. The fourth-order valence-corrected chi connectivity index (χ4v) is 3.46. The Kier molecular flexibility index (Phi) is 4.49. The Balaban J connectivity index is 0.00000182. The molecule has 1 saturated carbocycles. The first-order valence-electron chi connectivity index (χ1n) is 8.82. The molecule has 1 aromatic heterocycles. The fraction of sp³-hybridized carbons (Fsp3) is 0.556. The number of nitrogens with two attached hydrogens (primary N) is 2. The van der Waals surface area contributed by atoms with E-state index < -0.39 is 6.04 Å². The number of nitrogens with one attached hydrogen (secondary N) is 2. The number of aromatic nitrogens is 1. The molecule has 140 valence electrons. The predicted molar refractivity (Wildman–Crippen MR) is 102 cm³/mol. The molecule has 3 rings (SSSR count). The molecule has 7 nitrogen and oxygen atoms in total. The second-order valence-corrected chi connectivity index (χ2v) is 7.46. The van der Waals surface area contributed by atoms with E-state index in [0.29, 0.717) is 28.2 Å². The van der Waals surface area contributed by atoms with E-state index in [2.05, 4.69) is 10.3 Å². The summed E-state index contributed by atoms with van der Waals surface area (Å²) in [5, 5.41) is 2.75. The van der Waals surface area contributed by atoms with Crippen molar-refractivity contribution in [3.05, 3.63) is 23.0 Å². The normalized spacial score (nSPS) is 20.4. The second kappa shape index (κ2) is 6.46. The van der Waals surface area contributed by atoms with Gasteiger partial charge in [0, 0.05) is 27.2 Å². The van der Waals surface area contributed by atoms with Crippen LogP contribution in [0.4, 0.5) is 5.82 Å². The smallest absolute Gasteiger partial charge is 0.268 e. The monoisotopic (exact) mass is 349 g/mol. The van der Waals surface area contributed by atoms with Crippen molar-refractivity contribution in [2.45, 2.75) is 45.6 Å². The molecule has 2 aliphatic rings. The lowest BCUT2D eigenvalue weighted by Crippen LogP contribution is -2.49. The zero-order chi connectivity index (χ0) is 18.2. The Hall–Kier alpha value is -2.44. The van der Waals surface area contributed by atoms with E-state index in [1.165, 1.54) is 12.8 Å². The van der Waals surface area contributed by atoms with Gasteiger partial charge < -0.3 is 26.7 Å². The molecule has 2 heterocycles. The Morgan fingerprint density at radius 2 is 2.00 bits per heavy atom. The number of amides is 2. The van der Waals surface area contributed by atoms with Gasteiger partial charge in [-0.05, 0) is 57.1 Å². The first-order valence-corrected chi connectivity index (χ1v) is 8.82. The van der Waals surface area contributed by atoms with Crippen LogP contribution in [-0.2, 0) is 4.79 Å². The summed E-state index contributed by atoms with van der Waals surface area (Å²) in [6.45, 7) is 5.05. The summed E-state index contributed by atoms with van der Waals surface area (Å²) in [5.41, 5.74) is 13.6. The minimum Gasteiger partial charge on any atom is -0.402 e. The van der Waals surface area contributed by atoms with E-state index in [0.717, 1.165) is 25.9 Å². The van der Waals surface area contributed by atoms with Gasteiger partial charge >= 0.3 is 0 Å². The number of piperidine rings is 1. The molecule has 1 aliphatic heterocycles. The molecule has 7 heteroatoms. The first-order chi connectivity index (χ1) is 11.8. The number of rotatable bonds is 4. The molecule has 1 spiro atoms. The van der Waals surface area contributed by atoms with Crippen molar-refractivity contribution in [3.8, 4) is 0 Å². The van der Waals surface area contributed by atoms with E-state index in [-0.39, 0.29) is 14.7 Å². The molecule has 2 fully saturated rings. The summed E-state index contributed by atoms with van der Waals surface area (Å²) in [5.74, 6) is -0.00135. The van der Waals surface area contributed by atoms with Crippen LogP contribution in [0.25, 0.3) is 6.08 Å². The Bertz CT molecular complexity index is 713. The van der Waals surface area contributed by atoms with Crippen LogP contribution in [0.15, 0.2) is 11.8 Å². The zero-order valence-electron chi connectivity index (χ0n) is 14.9. The number of hydrogen-bond donors (Lipinski definition) is 4. The maximum absolute atomic E-state index is 12.6. The molecule has 1 atom stereocenters. The topological polar surface area (TPSA) is 117 Å². The van der Waals surface area contributed by atoms with Gasteiger partial charge in [-0.15, -0.1) is 0 Å². The summed E-state index contributed by atoms with van der Waals surface area (Å²) in [6.07, 6.45) is 6.46. The maximum atomic E-state index is 12.6. The summed E-state index contributed by atoms with van der Waals surface area (Å²) in [6, 6.07) is 1.07. The van der Waals surface area contributed by atoms with E-state index in [1.807, 2.05) is 4.90 Å². The number of H-pyrrole nitrogens is 1. The highest BCUT2D eigenvalue weighted by molar-refractivity contribution is 5.97. The standard InChI is InChI=1S/C18H27N5O2.2H2/c1-11(19)9-13-10-14(22-15(13)20)16(24)21-12(2)17(25)23-7-5-18(3-4-18)6-8-23;;/h9-10,12,22H,3-8,19-20H2,1-2H3,(H,21,24);2*1H/b11-9-;;/t12-;;/m1../s1. The number of carbonyl (C=O) groups is 2. The van der Waals surface area contributed by atoms with Crippen LogP contribution in [0.5, 0.6) is 0 Å². The highest BCUT2D eigenvalue weighted by Gasteiger charge is 2.45. The van der Waals surface area contributed by atoms with Gasteiger partial charge in [-0.2, -0.15) is 0 Å². The largest absolute Gasteiger partial charge is 0.402 e. The second-order valence-electron chi connectivity index (χ2n) is 7.46. The van der Waals surface area contributed by atoms with Gasteiger partial charge in [-0.25, -0.2) is 0 Å². The average Bonchev–Trinajstić information content (AvgIpc) is 3.21. The zero-order valence-corrected chi connectivity index (χ0v) is 14.9. The third-order valence-electron chi connectivity index (χ3n) is 5.32. The molecule has 1 saturated heterocycles. The lowest BCUT2D eigenvalue weighted by molar-refractivity contribution is -0.134. The van der Waals surface area contributed by atoms with E-state index in [1.54, 1.807) is 26.0 Å². The number of anilines is 1. The molecule has 0 bridgehead atoms. The third-order valence-corrected chi connectivity index (χ3v) is 5.32. The van der Waals surface area contributed by atoms with Gasteiger partial charge in [0.1, 0.15) is 17.6 Å². The Morgan fingerprint density at radius 1 is 1.36 bits per heavy atom. The molecule has 0 unspecified atom stereocenters. The molecule has 1 aromatic rings. The lowest BCUT2D eigenvalue weighted by Gasteiger charge is -2.33.